The van der Waals surface area contributed by atoms with Gasteiger partial charge in [0.2, 0.25) is 10.0 Å². The topological polar surface area (TPSA) is 62.3 Å². The molecule has 1 aliphatic rings. The van der Waals surface area contributed by atoms with Crippen LogP contribution in [0.5, 0.6) is 0 Å². The van der Waals surface area contributed by atoms with Crippen LogP contribution in [0.25, 0.3) is 0 Å². The first-order valence-corrected chi connectivity index (χ1v) is 7.58. The SMILES string of the molecule is C[C@@H]1CNCCN1S(=O)(=O)c1cncc(Br)c1.Cl. The van der Waals surface area contributed by atoms with Gasteiger partial charge in [0.1, 0.15) is 4.90 Å². The molecule has 1 atom stereocenters. The number of halogens is 2. The molecule has 1 N–H and O–H groups in total. The Bertz CT molecular complexity index is 512. The molecule has 0 saturated carbocycles. The van der Waals surface area contributed by atoms with Crippen molar-refractivity contribution < 1.29 is 8.42 Å². The second-order valence-corrected chi connectivity index (χ2v) is 6.81. The van der Waals surface area contributed by atoms with E-state index >= 15 is 0 Å². The Hall–Kier alpha value is -0.210. The van der Waals surface area contributed by atoms with E-state index in [1.54, 1.807) is 12.3 Å². The van der Waals surface area contributed by atoms with Gasteiger partial charge in [-0.15, -0.1) is 12.4 Å². The average molecular weight is 357 g/mol. The van der Waals surface area contributed by atoms with E-state index in [1.165, 1.54) is 10.5 Å². The van der Waals surface area contributed by atoms with Gasteiger partial charge in [-0.05, 0) is 28.9 Å². The number of nitrogens with one attached hydrogen (secondary N) is 1. The van der Waals surface area contributed by atoms with E-state index < -0.39 is 10.0 Å². The Kier molecular flexibility index (Phi) is 5.54. The molecule has 1 aliphatic heterocycles. The van der Waals surface area contributed by atoms with Gasteiger partial charge in [0, 0.05) is 42.5 Å². The lowest BCUT2D eigenvalue weighted by atomic mass is 10.3. The first kappa shape index (κ1) is 15.8. The van der Waals surface area contributed by atoms with Crippen molar-refractivity contribution in [2.75, 3.05) is 19.6 Å². The maximum Gasteiger partial charge on any atom is 0.244 e. The van der Waals surface area contributed by atoms with Crippen molar-refractivity contribution in [1.29, 1.82) is 0 Å². The monoisotopic (exact) mass is 355 g/mol. The van der Waals surface area contributed by atoms with Crippen molar-refractivity contribution >= 4 is 38.4 Å². The Labute approximate surface area is 122 Å². The van der Waals surface area contributed by atoms with Crippen LogP contribution in [0, 0.1) is 0 Å². The fraction of sp³-hybridized carbons (Fsp3) is 0.500. The minimum absolute atomic E-state index is 0. The maximum absolute atomic E-state index is 12.4. The van der Waals surface area contributed by atoms with Gasteiger partial charge in [0.15, 0.2) is 0 Å². The lowest BCUT2D eigenvalue weighted by Crippen LogP contribution is -2.52. The predicted molar refractivity (Wildman–Crippen MR) is 75.4 cm³/mol. The van der Waals surface area contributed by atoms with Gasteiger partial charge in [-0.3, -0.25) is 4.98 Å². The van der Waals surface area contributed by atoms with Crippen LogP contribution in [0.15, 0.2) is 27.8 Å². The van der Waals surface area contributed by atoms with Crippen LogP contribution >= 0.6 is 28.3 Å². The number of sulfonamides is 1. The summed E-state index contributed by atoms with van der Waals surface area (Å²) in [5, 5.41) is 3.17. The second-order valence-electron chi connectivity index (χ2n) is 4.01. The highest BCUT2D eigenvalue weighted by Gasteiger charge is 2.31. The summed E-state index contributed by atoms with van der Waals surface area (Å²) < 4.78 is 27.0. The molecule has 2 rings (SSSR count). The van der Waals surface area contributed by atoms with E-state index in [0.29, 0.717) is 24.1 Å². The Morgan fingerprint density at radius 1 is 1.50 bits per heavy atom. The highest BCUT2D eigenvalue weighted by Crippen LogP contribution is 2.21. The van der Waals surface area contributed by atoms with E-state index in [4.69, 9.17) is 0 Å². The highest BCUT2D eigenvalue weighted by molar-refractivity contribution is 9.10. The van der Waals surface area contributed by atoms with Crippen LogP contribution in [0.2, 0.25) is 0 Å². The largest absolute Gasteiger partial charge is 0.314 e. The smallest absolute Gasteiger partial charge is 0.244 e. The number of nitrogens with zero attached hydrogens (tertiary/aromatic N) is 2. The van der Waals surface area contributed by atoms with Crippen molar-refractivity contribution in [2.45, 2.75) is 17.9 Å². The molecule has 1 aromatic heterocycles. The van der Waals surface area contributed by atoms with Crippen LogP contribution in [-0.4, -0.2) is 43.4 Å². The normalized spacial score (nSPS) is 21.3. The lowest BCUT2D eigenvalue weighted by molar-refractivity contribution is 0.284. The molecule has 0 spiro atoms. The average Bonchev–Trinajstić information content (AvgIpc) is 2.29. The molecule has 2 heterocycles. The lowest BCUT2D eigenvalue weighted by Gasteiger charge is -2.32. The number of hydrogen-bond acceptors (Lipinski definition) is 4. The second kappa shape index (κ2) is 6.29. The summed E-state index contributed by atoms with van der Waals surface area (Å²) in [6, 6.07) is 1.55. The molecule has 1 aromatic rings. The number of pyridine rings is 1. The summed E-state index contributed by atoms with van der Waals surface area (Å²) in [6.07, 6.45) is 2.95. The van der Waals surface area contributed by atoms with Gasteiger partial charge in [-0.2, -0.15) is 4.31 Å². The zero-order chi connectivity index (χ0) is 12.5. The third kappa shape index (κ3) is 3.21. The summed E-state index contributed by atoms with van der Waals surface area (Å²) in [5.74, 6) is 0. The zero-order valence-corrected chi connectivity index (χ0v) is 13.1. The van der Waals surface area contributed by atoms with Crippen LogP contribution in [0.1, 0.15) is 6.92 Å². The number of aromatic nitrogens is 1. The maximum atomic E-state index is 12.4. The molecule has 0 bridgehead atoms. The van der Waals surface area contributed by atoms with Crippen LogP contribution in [-0.2, 0) is 10.0 Å². The fourth-order valence-electron chi connectivity index (χ4n) is 1.85. The number of rotatable bonds is 2. The summed E-state index contributed by atoms with van der Waals surface area (Å²) in [6.45, 7) is 3.76. The molecule has 1 saturated heterocycles. The van der Waals surface area contributed by atoms with Crippen molar-refractivity contribution in [3.63, 3.8) is 0 Å². The molecule has 18 heavy (non-hydrogen) atoms. The molecular formula is C10H15BrClN3O2S. The molecule has 0 aromatic carbocycles. The standard InChI is InChI=1S/C10H14BrN3O2S.ClH/c1-8-5-12-2-3-14(8)17(15,16)10-4-9(11)6-13-7-10;/h4,6-8,12H,2-3,5H2,1H3;1H/t8-;/m1./s1. The van der Waals surface area contributed by atoms with Gasteiger partial charge in [0.25, 0.3) is 0 Å². The minimum Gasteiger partial charge on any atom is -0.314 e. The van der Waals surface area contributed by atoms with Crippen molar-refractivity contribution in [3.05, 3.63) is 22.9 Å². The molecular weight excluding hydrogens is 342 g/mol. The predicted octanol–water partition coefficient (Wildman–Crippen LogP) is 1.25. The van der Waals surface area contributed by atoms with E-state index in [2.05, 4.69) is 26.2 Å². The van der Waals surface area contributed by atoms with Gasteiger partial charge in [0.05, 0.1) is 0 Å². The number of hydrogen-bond donors (Lipinski definition) is 1. The molecule has 0 unspecified atom stereocenters. The Morgan fingerprint density at radius 3 is 2.83 bits per heavy atom. The molecule has 8 heteroatoms. The van der Waals surface area contributed by atoms with Gasteiger partial charge < -0.3 is 5.32 Å². The molecule has 0 amide bonds. The molecule has 0 aliphatic carbocycles. The minimum atomic E-state index is -3.43. The zero-order valence-electron chi connectivity index (χ0n) is 9.84. The van der Waals surface area contributed by atoms with Gasteiger partial charge >= 0.3 is 0 Å². The Morgan fingerprint density at radius 2 is 2.22 bits per heavy atom. The van der Waals surface area contributed by atoms with Crippen molar-refractivity contribution in [2.24, 2.45) is 0 Å². The molecule has 0 radical (unpaired) electrons. The first-order chi connectivity index (χ1) is 8.01. The summed E-state index contributed by atoms with van der Waals surface area (Å²) in [7, 11) is -3.43. The highest BCUT2D eigenvalue weighted by atomic mass is 79.9. The van der Waals surface area contributed by atoms with E-state index in [0.717, 1.165) is 0 Å². The van der Waals surface area contributed by atoms with E-state index in [1.807, 2.05) is 6.92 Å². The quantitative estimate of drug-likeness (QED) is 0.866. The fourth-order valence-corrected chi connectivity index (χ4v) is 3.99. The molecule has 102 valence electrons. The summed E-state index contributed by atoms with van der Waals surface area (Å²) >= 11 is 3.24. The first-order valence-electron chi connectivity index (χ1n) is 5.35. The Balaban J connectivity index is 0.00000162. The van der Waals surface area contributed by atoms with Gasteiger partial charge in [-0.25, -0.2) is 8.42 Å². The van der Waals surface area contributed by atoms with Crippen LogP contribution in [0.3, 0.4) is 0 Å². The van der Waals surface area contributed by atoms with Crippen molar-refractivity contribution in [1.82, 2.24) is 14.6 Å². The third-order valence-electron chi connectivity index (χ3n) is 2.73. The van der Waals surface area contributed by atoms with E-state index in [9.17, 15) is 8.42 Å². The van der Waals surface area contributed by atoms with Crippen molar-refractivity contribution in [3.8, 4) is 0 Å². The summed E-state index contributed by atoms with van der Waals surface area (Å²) in [4.78, 5) is 4.14. The van der Waals surface area contributed by atoms with Crippen LogP contribution in [0.4, 0.5) is 0 Å². The third-order valence-corrected chi connectivity index (χ3v) is 5.14. The number of piperazine rings is 1. The molecule has 5 nitrogen and oxygen atoms in total. The summed E-state index contributed by atoms with van der Waals surface area (Å²) in [5.41, 5.74) is 0. The van der Waals surface area contributed by atoms with Gasteiger partial charge in [-0.1, -0.05) is 0 Å². The van der Waals surface area contributed by atoms with Crippen LogP contribution < -0.4 is 5.32 Å². The molecule has 1 fully saturated rings. The van der Waals surface area contributed by atoms with E-state index in [-0.39, 0.29) is 23.3 Å².